The molecule has 0 heterocycles. The van der Waals surface area contributed by atoms with Gasteiger partial charge in [0, 0.05) is 11.2 Å². The Hall–Kier alpha value is -0.560. The smallest absolute Gasteiger partial charge is 0.176 e. The van der Waals surface area contributed by atoms with Crippen molar-refractivity contribution < 1.29 is 13.3 Å². The van der Waals surface area contributed by atoms with Gasteiger partial charge < -0.3 is 0 Å². The Balaban J connectivity index is 3.26. The molecular weight excluding hydrogens is 234 g/mol. The molecule has 0 bridgehead atoms. The summed E-state index contributed by atoms with van der Waals surface area (Å²) in [4.78, 5) is 5.53. The van der Waals surface area contributed by atoms with Gasteiger partial charge in [-0.3, -0.25) is 4.84 Å². The molecule has 0 aliphatic rings. The van der Waals surface area contributed by atoms with Gasteiger partial charge in [-0.25, -0.2) is 14.3 Å². The van der Waals surface area contributed by atoms with Gasteiger partial charge in [0.25, 0.3) is 0 Å². The normalized spacial score (nSPS) is 11.7. The molecule has 6 heteroatoms. The summed E-state index contributed by atoms with van der Waals surface area (Å²) in [5.74, 6) is 4.94. The van der Waals surface area contributed by atoms with Crippen LogP contribution in [-0.2, 0) is 21.3 Å². The van der Waals surface area contributed by atoms with Crippen LogP contribution in [0.3, 0.4) is 0 Å². The Kier molecular flexibility index (Phi) is 4.15. The minimum absolute atomic E-state index is 0.206. The van der Waals surface area contributed by atoms with Crippen LogP contribution in [0.4, 0.5) is 0 Å². The van der Waals surface area contributed by atoms with Crippen molar-refractivity contribution in [3.63, 3.8) is 0 Å². The largest absolute Gasteiger partial charge is 0.300 e. The molecule has 0 saturated heterocycles. The Bertz CT molecular complexity index is 443. The van der Waals surface area contributed by atoms with Gasteiger partial charge in [0.05, 0.1) is 11.5 Å². The molecule has 0 fully saturated rings. The average molecular weight is 247 g/mol. The highest BCUT2D eigenvalue weighted by molar-refractivity contribution is 7.99. The predicted molar refractivity (Wildman–Crippen MR) is 60.3 cm³/mol. The van der Waals surface area contributed by atoms with Crippen molar-refractivity contribution in [1.82, 2.24) is 0 Å². The molecule has 0 atom stereocenters. The van der Waals surface area contributed by atoms with Gasteiger partial charge in [0.2, 0.25) is 0 Å². The van der Waals surface area contributed by atoms with E-state index in [-0.39, 0.29) is 6.61 Å². The van der Waals surface area contributed by atoms with E-state index in [0.717, 1.165) is 10.5 Å². The standard InChI is InChI=1S/C9H13NO3S2/c1-14-8-4-3-7(6-13-10)5-9(8)15(2,11)12/h3-5H,6,10H2,1-2H3. The lowest BCUT2D eigenvalue weighted by Crippen LogP contribution is -2.03. The fraction of sp³-hybridized carbons (Fsp3) is 0.333. The molecule has 0 amide bonds. The fourth-order valence-corrected chi connectivity index (χ4v) is 3.16. The van der Waals surface area contributed by atoms with E-state index >= 15 is 0 Å². The van der Waals surface area contributed by atoms with Gasteiger partial charge in [-0.1, -0.05) is 6.07 Å². The van der Waals surface area contributed by atoms with Crippen LogP contribution in [0.2, 0.25) is 0 Å². The first-order chi connectivity index (χ1) is 6.99. The molecule has 0 radical (unpaired) electrons. The van der Waals surface area contributed by atoms with Crippen LogP contribution in [0.15, 0.2) is 28.0 Å². The number of sulfone groups is 1. The maximum Gasteiger partial charge on any atom is 0.176 e. The molecule has 1 aromatic carbocycles. The Morgan fingerprint density at radius 1 is 1.47 bits per heavy atom. The lowest BCUT2D eigenvalue weighted by Gasteiger charge is -2.07. The van der Waals surface area contributed by atoms with Gasteiger partial charge in [0.15, 0.2) is 9.84 Å². The van der Waals surface area contributed by atoms with E-state index in [0.29, 0.717) is 4.90 Å². The summed E-state index contributed by atoms with van der Waals surface area (Å²) in [5.41, 5.74) is 0.746. The van der Waals surface area contributed by atoms with Gasteiger partial charge in [-0.2, -0.15) is 0 Å². The number of thioether (sulfide) groups is 1. The van der Waals surface area contributed by atoms with E-state index in [1.807, 2.05) is 6.26 Å². The molecule has 0 saturated carbocycles. The maximum atomic E-state index is 11.5. The third-order valence-corrected chi connectivity index (χ3v) is 3.94. The summed E-state index contributed by atoms with van der Waals surface area (Å²) in [6, 6.07) is 5.15. The van der Waals surface area contributed by atoms with Crippen LogP contribution in [0.25, 0.3) is 0 Å². The second-order valence-electron chi connectivity index (χ2n) is 3.07. The lowest BCUT2D eigenvalue weighted by atomic mass is 10.2. The Labute approximate surface area is 93.7 Å². The maximum absolute atomic E-state index is 11.5. The van der Waals surface area contributed by atoms with Crippen molar-refractivity contribution in [2.24, 2.45) is 5.90 Å². The monoisotopic (exact) mass is 247 g/mol. The molecule has 0 aliphatic carbocycles. The van der Waals surface area contributed by atoms with Crippen LogP contribution in [0, 0.1) is 0 Å². The molecule has 0 aromatic heterocycles. The van der Waals surface area contributed by atoms with Crippen molar-refractivity contribution in [2.45, 2.75) is 16.4 Å². The summed E-state index contributed by atoms with van der Waals surface area (Å²) in [6.45, 7) is 0.206. The van der Waals surface area contributed by atoms with Crippen LogP contribution in [0.5, 0.6) is 0 Å². The lowest BCUT2D eigenvalue weighted by molar-refractivity contribution is 0.124. The molecule has 15 heavy (non-hydrogen) atoms. The molecule has 2 N–H and O–H groups in total. The molecule has 1 rings (SSSR count). The van der Waals surface area contributed by atoms with E-state index in [1.54, 1.807) is 18.2 Å². The van der Waals surface area contributed by atoms with Crippen LogP contribution < -0.4 is 5.90 Å². The third kappa shape index (κ3) is 3.20. The number of benzene rings is 1. The van der Waals surface area contributed by atoms with Crippen LogP contribution >= 0.6 is 11.8 Å². The fourth-order valence-electron chi connectivity index (χ4n) is 1.20. The SMILES string of the molecule is CSc1ccc(CON)cc1S(C)(=O)=O. The van der Waals surface area contributed by atoms with E-state index in [9.17, 15) is 8.42 Å². The molecule has 0 spiro atoms. The van der Waals surface area contributed by atoms with Crippen LogP contribution in [-0.4, -0.2) is 20.9 Å². The zero-order valence-corrected chi connectivity index (χ0v) is 10.2. The Morgan fingerprint density at radius 2 is 2.13 bits per heavy atom. The zero-order valence-electron chi connectivity index (χ0n) is 8.56. The second-order valence-corrected chi connectivity index (χ2v) is 5.90. The molecule has 4 nitrogen and oxygen atoms in total. The third-order valence-electron chi connectivity index (χ3n) is 1.88. The van der Waals surface area contributed by atoms with Crippen molar-refractivity contribution in [3.8, 4) is 0 Å². The minimum atomic E-state index is -3.20. The van der Waals surface area contributed by atoms with Gasteiger partial charge >= 0.3 is 0 Å². The molecule has 0 unspecified atom stereocenters. The highest BCUT2D eigenvalue weighted by Crippen LogP contribution is 2.25. The summed E-state index contributed by atoms with van der Waals surface area (Å²) >= 11 is 1.40. The number of hydrogen-bond donors (Lipinski definition) is 1. The predicted octanol–water partition coefficient (Wildman–Crippen LogP) is 1.20. The van der Waals surface area contributed by atoms with Crippen molar-refractivity contribution in [2.75, 3.05) is 12.5 Å². The average Bonchev–Trinajstić information content (AvgIpc) is 2.17. The van der Waals surface area contributed by atoms with Gasteiger partial charge in [-0.15, -0.1) is 11.8 Å². The van der Waals surface area contributed by atoms with Gasteiger partial charge in [0.1, 0.15) is 0 Å². The van der Waals surface area contributed by atoms with E-state index < -0.39 is 9.84 Å². The number of hydrogen-bond acceptors (Lipinski definition) is 5. The van der Waals surface area contributed by atoms with E-state index in [1.165, 1.54) is 18.0 Å². The first-order valence-corrected chi connectivity index (χ1v) is 7.29. The number of nitrogens with two attached hydrogens (primary N) is 1. The minimum Gasteiger partial charge on any atom is -0.300 e. The van der Waals surface area contributed by atoms with Crippen molar-refractivity contribution in [3.05, 3.63) is 23.8 Å². The van der Waals surface area contributed by atoms with Gasteiger partial charge in [-0.05, 0) is 24.0 Å². The first kappa shape index (κ1) is 12.5. The summed E-state index contributed by atoms with van der Waals surface area (Å²) in [7, 11) is -3.20. The quantitative estimate of drug-likeness (QED) is 0.639. The number of rotatable bonds is 4. The zero-order chi connectivity index (χ0) is 11.5. The van der Waals surface area contributed by atoms with Crippen molar-refractivity contribution in [1.29, 1.82) is 0 Å². The molecular formula is C9H13NO3S2. The summed E-state index contributed by atoms with van der Waals surface area (Å²) in [5, 5.41) is 0. The van der Waals surface area contributed by atoms with E-state index in [2.05, 4.69) is 4.84 Å². The second kappa shape index (κ2) is 4.98. The summed E-state index contributed by atoms with van der Waals surface area (Å²) in [6.07, 6.45) is 3.03. The Morgan fingerprint density at radius 3 is 2.60 bits per heavy atom. The highest BCUT2D eigenvalue weighted by atomic mass is 32.2. The first-order valence-electron chi connectivity index (χ1n) is 4.17. The van der Waals surface area contributed by atoms with E-state index in [4.69, 9.17) is 5.90 Å². The highest BCUT2D eigenvalue weighted by Gasteiger charge is 2.13. The van der Waals surface area contributed by atoms with Crippen molar-refractivity contribution >= 4 is 21.6 Å². The van der Waals surface area contributed by atoms with Crippen LogP contribution in [0.1, 0.15) is 5.56 Å². The molecule has 0 aliphatic heterocycles. The topological polar surface area (TPSA) is 69.4 Å². The molecule has 1 aromatic rings. The summed E-state index contributed by atoms with van der Waals surface area (Å²) < 4.78 is 23.0. The molecule has 84 valence electrons.